The van der Waals surface area contributed by atoms with Gasteiger partial charge in [0.15, 0.2) is 0 Å². The second-order valence-corrected chi connectivity index (χ2v) is 8.50. The number of amides is 1. The van der Waals surface area contributed by atoms with Crippen molar-refractivity contribution in [2.75, 3.05) is 30.8 Å². The van der Waals surface area contributed by atoms with Crippen molar-refractivity contribution >= 4 is 28.4 Å². The lowest BCUT2D eigenvalue weighted by Crippen LogP contribution is -2.24. The normalized spacial score (nSPS) is 13.4. The molecule has 1 aliphatic heterocycles. The number of nitrogens with one attached hydrogen (secondary N) is 1. The number of fused-ring (bicyclic) bond motifs is 1. The molecule has 1 fully saturated rings. The Morgan fingerprint density at radius 3 is 2.66 bits per heavy atom. The molecule has 0 atom stereocenters. The Balaban J connectivity index is 1.25. The summed E-state index contributed by atoms with van der Waals surface area (Å²) in [4.78, 5) is 32.4. The molecule has 35 heavy (non-hydrogen) atoms. The maximum atomic E-state index is 12.8. The first-order valence-electron chi connectivity index (χ1n) is 11.5. The van der Waals surface area contributed by atoms with Crippen LogP contribution in [0, 0.1) is 6.92 Å². The van der Waals surface area contributed by atoms with E-state index in [-0.39, 0.29) is 18.3 Å². The molecule has 4 aromatic rings. The van der Waals surface area contributed by atoms with Crippen LogP contribution in [-0.4, -0.2) is 55.8 Å². The standard InChI is InChI=1S/C24H27N9O2/c1-15-30-22(31-33(15)14-17-12-28-24(29-13-17)32-7-3-4-8-32)23(34)27-11-16-9-18-5-6-26-21(25)20(18)19(10-16)35-2/h5-6,9-10,12-13H,3-4,7-8,11,14H2,1-2H3,(H2,25,26)(H,27,34). The van der Waals surface area contributed by atoms with Crippen LogP contribution in [0.25, 0.3) is 10.8 Å². The van der Waals surface area contributed by atoms with E-state index in [1.165, 1.54) is 12.8 Å². The van der Waals surface area contributed by atoms with Gasteiger partial charge in [-0.3, -0.25) is 4.79 Å². The first kappa shape index (κ1) is 22.5. The number of aryl methyl sites for hydroxylation is 1. The van der Waals surface area contributed by atoms with Gasteiger partial charge in [-0.25, -0.2) is 24.6 Å². The maximum absolute atomic E-state index is 12.8. The summed E-state index contributed by atoms with van der Waals surface area (Å²) in [7, 11) is 1.58. The zero-order chi connectivity index (χ0) is 24.4. The fraction of sp³-hybridized carbons (Fsp3) is 0.333. The summed E-state index contributed by atoms with van der Waals surface area (Å²) in [6.45, 7) is 4.53. The molecule has 4 heterocycles. The van der Waals surface area contributed by atoms with Crippen LogP contribution in [0.3, 0.4) is 0 Å². The highest BCUT2D eigenvalue weighted by molar-refractivity contribution is 5.96. The summed E-state index contributed by atoms with van der Waals surface area (Å²) in [6.07, 6.45) is 7.60. The highest BCUT2D eigenvalue weighted by Gasteiger charge is 2.17. The van der Waals surface area contributed by atoms with Gasteiger partial charge in [0.05, 0.1) is 19.0 Å². The molecule has 180 valence electrons. The summed E-state index contributed by atoms with van der Waals surface area (Å²) >= 11 is 0. The van der Waals surface area contributed by atoms with Crippen LogP contribution >= 0.6 is 0 Å². The molecule has 11 nitrogen and oxygen atoms in total. The molecule has 0 aliphatic carbocycles. The molecule has 0 saturated carbocycles. The van der Waals surface area contributed by atoms with Crippen LogP contribution in [0.2, 0.25) is 0 Å². The van der Waals surface area contributed by atoms with Crippen molar-refractivity contribution in [1.29, 1.82) is 0 Å². The fourth-order valence-corrected chi connectivity index (χ4v) is 4.24. The van der Waals surface area contributed by atoms with Crippen LogP contribution in [-0.2, 0) is 13.1 Å². The van der Waals surface area contributed by atoms with Gasteiger partial charge in [0.1, 0.15) is 17.4 Å². The number of carbonyl (C=O) groups excluding carboxylic acids is 1. The number of ether oxygens (including phenoxy) is 1. The third kappa shape index (κ3) is 4.70. The van der Waals surface area contributed by atoms with Gasteiger partial charge in [0.2, 0.25) is 11.8 Å². The zero-order valence-electron chi connectivity index (χ0n) is 19.7. The van der Waals surface area contributed by atoms with Crippen molar-refractivity contribution in [1.82, 2.24) is 35.0 Å². The molecule has 1 saturated heterocycles. The molecule has 3 N–H and O–H groups in total. The average Bonchev–Trinajstić information content (AvgIpc) is 3.53. The molecule has 0 radical (unpaired) electrons. The van der Waals surface area contributed by atoms with Crippen molar-refractivity contribution in [2.45, 2.75) is 32.9 Å². The first-order chi connectivity index (χ1) is 17.0. The van der Waals surface area contributed by atoms with Crippen molar-refractivity contribution in [2.24, 2.45) is 0 Å². The molecule has 1 aliphatic rings. The number of nitrogens with two attached hydrogens (primary N) is 1. The molecule has 0 unspecified atom stereocenters. The second kappa shape index (κ2) is 9.53. The van der Waals surface area contributed by atoms with Crippen LogP contribution in [0.4, 0.5) is 11.8 Å². The lowest BCUT2D eigenvalue weighted by atomic mass is 10.1. The minimum Gasteiger partial charge on any atom is -0.496 e. The number of nitrogen functional groups attached to an aromatic ring is 1. The van der Waals surface area contributed by atoms with E-state index in [1.807, 2.05) is 25.1 Å². The molecule has 0 bridgehead atoms. The molecule has 3 aromatic heterocycles. The molecule has 1 amide bonds. The molecule has 1 aromatic carbocycles. The minimum atomic E-state index is -0.360. The van der Waals surface area contributed by atoms with Crippen molar-refractivity contribution in [3.63, 3.8) is 0 Å². The Kier molecular flexibility index (Phi) is 6.13. The number of hydrogen-bond donors (Lipinski definition) is 2. The predicted molar refractivity (Wildman–Crippen MR) is 131 cm³/mol. The van der Waals surface area contributed by atoms with Gasteiger partial charge in [-0.2, -0.15) is 0 Å². The third-order valence-electron chi connectivity index (χ3n) is 6.06. The fourth-order valence-electron chi connectivity index (χ4n) is 4.24. The third-order valence-corrected chi connectivity index (χ3v) is 6.06. The monoisotopic (exact) mass is 473 g/mol. The second-order valence-electron chi connectivity index (χ2n) is 8.50. The lowest BCUT2D eigenvalue weighted by molar-refractivity contribution is 0.0940. The van der Waals surface area contributed by atoms with Gasteiger partial charge in [-0.05, 0) is 48.9 Å². The number of benzene rings is 1. The lowest BCUT2D eigenvalue weighted by Gasteiger charge is -2.14. The Bertz CT molecular complexity index is 1360. The Labute approximate surface area is 202 Å². The van der Waals surface area contributed by atoms with Gasteiger partial charge in [0, 0.05) is 43.8 Å². The van der Waals surface area contributed by atoms with Crippen molar-refractivity contribution < 1.29 is 9.53 Å². The first-order valence-corrected chi connectivity index (χ1v) is 11.5. The minimum absolute atomic E-state index is 0.110. The van der Waals surface area contributed by atoms with Gasteiger partial charge < -0.3 is 20.7 Å². The van der Waals surface area contributed by atoms with E-state index in [0.29, 0.717) is 23.9 Å². The highest BCUT2D eigenvalue weighted by Crippen LogP contribution is 2.30. The smallest absolute Gasteiger partial charge is 0.291 e. The Morgan fingerprint density at radius 1 is 1.14 bits per heavy atom. The van der Waals surface area contributed by atoms with Gasteiger partial charge in [-0.15, -0.1) is 5.10 Å². The molecule has 5 rings (SSSR count). The zero-order valence-corrected chi connectivity index (χ0v) is 19.7. The van der Waals surface area contributed by atoms with Gasteiger partial charge in [-0.1, -0.05) is 0 Å². The summed E-state index contributed by atoms with van der Waals surface area (Å²) < 4.78 is 7.16. The quantitative estimate of drug-likeness (QED) is 0.413. The Hall–Kier alpha value is -4.28. The Morgan fingerprint density at radius 2 is 1.91 bits per heavy atom. The number of pyridine rings is 1. The summed E-state index contributed by atoms with van der Waals surface area (Å²) in [5.41, 5.74) is 7.75. The predicted octanol–water partition coefficient (Wildman–Crippen LogP) is 2.09. The number of nitrogens with zero attached hydrogens (tertiary/aromatic N) is 7. The number of rotatable bonds is 7. The number of carbonyl (C=O) groups is 1. The van der Waals surface area contributed by atoms with Crippen LogP contribution in [0.1, 0.15) is 40.4 Å². The summed E-state index contributed by atoms with van der Waals surface area (Å²) in [5, 5.41) is 8.90. The van der Waals surface area contributed by atoms with Crippen LogP contribution in [0.15, 0.2) is 36.8 Å². The van der Waals surface area contributed by atoms with Gasteiger partial charge >= 0.3 is 0 Å². The number of aromatic nitrogens is 6. The number of methoxy groups -OCH3 is 1. The maximum Gasteiger partial charge on any atom is 0.291 e. The van der Waals surface area contributed by atoms with E-state index in [0.717, 1.165) is 40.9 Å². The van der Waals surface area contributed by atoms with Crippen LogP contribution < -0.4 is 20.7 Å². The molecular weight excluding hydrogens is 446 g/mol. The summed E-state index contributed by atoms with van der Waals surface area (Å²) in [5.74, 6) is 2.14. The average molecular weight is 474 g/mol. The summed E-state index contributed by atoms with van der Waals surface area (Å²) in [6, 6.07) is 5.64. The highest BCUT2D eigenvalue weighted by atomic mass is 16.5. The van der Waals surface area contributed by atoms with E-state index in [1.54, 1.807) is 30.4 Å². The van der Waals surface area contributed by atoms with Crippen molar-refractivity contribution in [3.8, 4) is 5.75 Å². The van der Waals surface area contributed by atoms with E-state index in [4.69, 9.17) is 10.5 Å². The molecular formula is C24H27N9O2. The van der Waals surface area contributed by atoms with E-state index in [2.05, 4.69) is 35.3 Å². The van der Waals surface area contributed by atoms with Crippen LogP contribution in [0.5, 0.6) is 5.75 Å². The van der Waals surface area contributed by atoms with E-state index >= 15 is 0 Å². The van der Waals surface area contributed by atoms with E-state index in [9.17, 15) is 4.79 Å². The number of hydrogen-bond acceptors (Lipinski definition) is 9. The largest absolute Gasteiger partial charge is 0.496 e. The number of anilines is 2. The topological polar surface area (TPSA) is 137 Å². The van der Waals surface area contributed by atoms with Gasteiger partial charge in [0.25, 0.3) is 5.91 Å². The SMILES string of the molecule is COc1cc(CNC(=O)c2nc(C)n(Cc3cnc(N4CCCC4)nc3)n2)cc2ccnc(N)c12. The van der Waals surface area contributed by atoms with Crippen molar-refractivity contribution in [3.05, 3.63) is 59.6 Å². The van der Waals surface area contributed by atoms with E-state index < -0.39 is 0 Å². The molecule has 0 spiro atoms. The molecule has 11 heteroatoms.